The summed E-state index contributed by atoms with van der Waals surface area (Å²) in [5.74, 6) is 0. The lowest BCUT2D eigenvalue weighted by Gasteiger charge is -2.12. The maximum absolute atomic E-state index is 3.59. The normalized spacial score (nSPS) is 13.1. The van der Waals surface area contributed by atoms with E-state index in [1.165, 1.54) is 34.6 Å². The van der Waals surface area contributed by atoms with Crippen molar-refractivity contribution in [2.75, 3.05) is 0 Å². The van der Waals surface area contributed by atoms with Crippen molar-refractivity contribution in [2.45, 2.75) is 59.5 Å². The number of thiophene rings is 1. The first-order chi connectivity index (χ1) is 7.13. The molecule has 2 heteroatoms. The molecule has 0 saturated heterocycles. The smallest absolute Gasteiger partial charge is 0.0218 e. The average molecular weight is 225 g/mol. The Bertz CT molecular complexity index is 291. The van der Waals surface area contributed by atoms with Crippen LogP contribution in [0.4, 0.5) is 0 Å². The van der Waals surface area contributed by atoms with E-state index in [9.17, 15) is 0 Å². The predicted molar refractivity (Wildman–Crippen MR) is 69.6 cm³/mol. The first-order valence-corrected chi connectivity index (χ1v) is 6.74. The van der Waals surface area contributed by atoms with Crippen LogP contribution in [-0.2, 0) is 6.54 Å². The minimum atomic E-state index is 0.643. The Labute approximate surface area is 97.9 Å². The number of hydrogen-bond donors (Lipinski definition) is 1. The van der Waals surface area contributed by atoms with Gasteiger partial charge in [-0.05, 0) is 38.8 Å². The second-order valence-corrected chi connectivity index (χ2v) is 5.82. The van der Waals surface area contributed by atoms with Gasteiger partial charge in [-0.1, -0.05) is 19.8 Å². The van der Waals surface area contributed by atoms with Crippen LogP contribution in [0.1, 0.15) is 48.4 Å². The van der Waals surface area contributed by atoms with Crippen LogP contribution in [0.25, 0.3) is 0 Å². The molecule has 1 atom stereocenters. The highest BCUT2D eigenvalue weighted by atomic mass is 32.1. The van der Waals surface area contributed by atoms with E-state index < -0.39 is 0 Å². The molecule has 1 rings (SSSR count). The number of aryl methyl sites for hydroxylation is 2. The second kappa shape index (κ2) is 6.29. The van der Waals surface area contributed by atoms with Gasteiger partial charge >= 0.3 is 0 Å². The van der Waals surface area contributed by atoms with Gasteiger partial charge in [0.25, 0.3) is 0 Å². The Hall–Kier alpha value is -0.340. The predicted octanol–water partition coefficient (Wildman–Crippen LogP) is 4.03. The lowest BCUT2D eigenvalue weighted by molar-refractivity contribution is 0.495. The second-order valence-electron chi connectivity index (χ2n) is 4.36. The van der Waals surface area contributed by atoms with Crippen LogP contribution >= 0.6 is 11.3 Å². The van der Waals surface area contributed by atoms with Crippen molar-refractivity contribution < 1.29 is 0 Å². The molecule has 1 unspecified atom stereocenters. The van der Waals surface area contributed by atoms with Crippen molar-refractivity contribution in [3.05, 3.63) is 21.4 Å². The fourth-order valence-corrected chi connectivity index (χ4v) is 2.70. The molecule has 1 heterocycles. The average Bonchev–Trinajstić information content (AvgIpc) is 2.51. The summed E-state index contributed by atoms with van der Waals surface area (Å²) in [7, 11) is 0. The molecule has 0 radical (unpaired) electrons. The molecule has 1 aromatic heterocycles. The maximum Gasteiger partial charge on any atom is 0.0218 e. The highest BCUT2D eigenvalue weighted by molar-refractivity contribution is 7.12. The molecule has 0 bridgehead atoms. The van der Waals surface area contributed by atoms with Crippen LogP contribution in [0.2, 0.25) is 0 Å². The topological polar surface area (TPSA) is 12.0 Å². The van der Waals surface area contributed by atoms with E-state index in [2.05, 4.69) is 39.1 Å². The van der Waals surface area contributed by atoms with Crippen LogP contribution < -0.4 is 5.32 Å². The molecule has 0 aliphatic carbocycles. The van der Waals surface area contributed by atoms with Gasteiger partial charge in [0, 0.05) is 22.3 Å². The number of rotatable bonds is 6. The van der Waals surface area contributed by atoms with Gasteiger partial charge in [-0.25, -0.2) is 0 Å². The van der Waals surface area contributed by atoms with Crippen molar-refractivity contribution in [1.29, 1.82) is 0 Å². The molecule has 15 heavy (non-hydrogen) atoms. The lowest BCUT2D eigenvalue weighted by Crippen LogP contribution is -2.25. The zero-order chi connectivity index (χ0) is 11.3. The van der Waals surface area contributed by atoms with E-state index >= 15 is 0 Å². The third-order valence-electron chi connectivity index (χ3n) is 2.78. The van der Waals surface area contributed by atoms with Gasteiger partial charge in [0.15, 0.2) is 0 Å². The standard InChI is InChI=1S/C13H23NS/c1-5-6-7-10(2)14-9-13-8-11(3)15-12(13)4/h8,10,14H,5-7,9H2,1-4H3. The number of hydrogen-bond acceptors (Lipinski definition) is 2. The van der Waals surface area contributed by atoms with Crippen molar-refractivity contribution in [3.8, 4) is 0 Å². The SMILES string of the molecule is CCCCC(C)NCc1cc(C)sc1C. The largest absolute Gasteiger partial charge is 0.310 e. The monoisotopic (exact) mass is 225 g/mol. The van der Waals surface area contributed by atoms with E-state index in [4.69, 9.17) is 0 Å². The summed E-state index contributed by atoms with van der Waals surface area (Å²) in [6, 6.07) is 2.95. The van der Waals surface area contributed by atoms with Gasteiger partial charge in [0.2, 0.25) is 0 Å². The first-order valence-electron chi connectivity index (χ1n) is 5.92. The summed E-state index contributed by atoms with van der Waals surface area (Å²) in [4.78, 5) is 2.88. The van der Waals surface area contributed by atoms with Crippen LogP contribution in [0.5, 0.6) is 0 Å². The minimum absolute atomic E-state index is 0.643. The van der Waals surface area contributed by atoms with Gasteiger partial charge in [-0.3, -0.25) is 0 Å². The zero-order valence-corrected chi connectivity index (χ0v) is 11.2. The molecule has 86 valence electrons. The summed E-state index contributed by atoms with van der Waals surface area (Å²) in [5, 5.41) is 3.59. The summed E-state index contributed by atoms with van der Waals surface area (Å²) >= 11 is 1.90. The quantitative estimate of drug-likeness (QED) is 0.770. The van der Waals surface area contributed by atoms with Gasteiger partial charge in [-0.2, -0.15) is 0 Å². The van der Waals surface area contributed by atoms with Gasteiger partial charge in [-0.15, -0.1) is 11.3 Å². The Morgan fingerprint density at radius 2 is 2.13 bits per heavy atom. The fraction of sp³-hybridized carbons (Fsp3) is 0.692. The van der Waals surface area contributed by atoms with E-state index in [-0.39, 0.29) is 0 Å². The fourth-order valence-electron chi connectivity index (χ4n) is 1.76. The molecular formula is C13H23NS. The lowest BCUT2D eigenvalue weighted by atomic mass is 10.1. The third-order valence-corrected chi connectivity index (χ3v) is 3.78. The Kier molecular flexibility index (Phi) is 5.34. The first kappa shape index (κ1) is 12.7. The highest BCUT2D eigenvalue weighted by Crippen LogP contribution is 2.20. The molecule has 0 fully saturated rings. The Morgan fingerprint density at radius 3 is 2.67 bits per heavy atom. The molecule has 0 aliphatic rings. The molecule has 1 N–H and O–H groups in total. The van der Waals surface area contributed by atoms with Crippen LogP contribution in [0.15, 0.2) is 6.07 Å². The van der Waals surface area contributed by atoms with Crippen molar-refractivity contribution in [1.82, 2.24) is 5.32 Å². The van der Waals surface area contributed by atoms with E-state index in [0.29, 0.717) is 6.04 Å². The Morgan fingerprint density at radius 1 is 1.40 bits per heavy atom. The van der Waals surface area contributed by atoms with Crippen LogP contribution in [0, 0.1) is 13.8 Å². The molecule has 0 aromatic carbocycles. The molecule has 0 aliphatic heterocycles. The summed E-state index contributed by atoms with van der Waals surface area (Å²) < 4.78 is 0. The van der Waals surface area contributed by atoms with E-state index in [1.807, 2.05) is 11.3 Å². The molecule has 1 aromatic rings. The minimum Gasteiger partial charge on any atom is -0.310 e. The maximum atomic E-state index is 3.59. The molecule has 0 amide bonds. The van der Waals surface area contributed by atoms with Gasteiger partial charge in [0.05, 0.1) is 0 Å². The molecule has 1 nitrogen and oxygen atoms in total. The summed E-state index contributed by atoms with van der Waals surface area (Å²) in [6.07, 6.45) is 3.91. The number of nitrogens with one attached hydrogen (secondary N) is 1. The summed E-state index contributed by atoms with van der Waals surface area (Å²) in [5.41, 5.74) is 1.47. The van der Waals surface area contributed by atoms with Gasteiger partial charge in [0.1, 0.15) is 0 Å². The summed E-state index contributed by atoms with van der Waals surface area (Å²) in [6.45, 7) is 9.96. The van der Waals surface area contributed by atoms with Gasteiger partial charge < -0.3 is 5.32 Å². The van der Waals surface area contributed by atoms with Crippen molar-refractivity contribution >= 4 is 11.3 Å². The van der Waals surface area contributed by atoms with E-state index in [0.717, 1.165) is 6.54 Å². The van der Waals surface area contributed by atoms with Crippen molar-refractivity contribution in [3.63, 3.8) is 0 Å². The third kappa shape index (κ3) is 4.35. The van der Waals surface area contributed by atoms with E-state index in [1.54, 1.807) is 0 Å². The van der Waals surface area contributed by atoms with Crippen LogP contribution in [0.3, 0.4) is 0 Å². The van der Waals surface area contributed by atoms with Crippen molar-refractivity contribution in [2.24, 2.45) is 0 Å². The molecule has 0 saturated carbocycles. The number of unbranched alkanes of at least 4 members (excludes halogenated alkanes) is 1. The molecular weight excluding hydrogens is 202 g/mol. The Balaban J connectivity index is 2.33. The zero-order valence-electron chi connectivity index (χ0n) is 10.4. The highest BCUT2D eigenvalue weighted by Gasteiger charge is 2.05. The molecule has 0 spiro atoms. The van der Waals surface area contributed by atoms with Crippen LogP contribution in [-0.4, -0.2) is 6.04 Å².